The van der Waals surface area contributed by atoms with Gasteiger partial charge in [-0.2, -0.15) is 0 Å². The Labute approximate surface area is 189 Å². The van der Waals surface area contributed by atoms with E-state index in [9.17, 15) is 0 Å². The van der Waals surface area contributed by atoms with Gasteiger partial charge in [0, 0.05) is 28.5 Å². The van der Waals surface area contributed by atoms with E-state index in [-0.39, 0.29) is 0 Å². The summed E-state index contributed by atoms with van der Waals surface area (Å²) >= 11 is 0. The SMILES string of the molecule is Cc1cc[n+](C)c(-c2c(C)ccc3c2oc2c(-c4ccc5c(c4)CCCC5)cccc23)c1. The lowest BCUT2D eigenvalue weighted by atomic mass is 9.89. The van der Waals surface area contributed by atoms with Crippen LogP contribution in [0.3, 0.4) is 0 Å². The van der Waals surface area contributed by atoms with Gasteiger partial charge in [0.25, 0.3) is 0 Å². The van der Waals surface area contributed by atoms with Gasteiger partial charge in [-0.1, -0.05) is 48.5 Å². The van der Waals surface area contributed by atoms with E-state index in [1.165, 1.54) is 81.1 Å². The highest BCUT2D eigenvalue weighted by Crippen LogP contribution is 2.41. The summed E-state index contributed by atoms with van der Waals surface area (Å²) in [6.45, 7) is 4.32. The molecule has 1 aliphatic carbocycles. The first-order valence-corrected chi connectivity index (χ1v) is 11.6. The third kappa shape index (κ3) is 2.97. The van der Waals surface area contributed by atoms with Gasteiger partial charge in [-0.3, -0.25) is 0 Å². The molecule has 6 rings (SSSR count). The number of furan rings is 1. The van der Waals surface area contributed by atoms with Gasteiger partial charge in [-0.25, -0.2) is 4.57 Å². The van der Waals surface area contributed by atoms with Crippen LogP contribution >= 0.6 is 0 Å². The van der Waals surface area contributed by atoms with Gasteiger partial charge in [0.1, 0.15) is 18.2 Å². The monoisotopic (exact) mass is 418 g/mol. The normalized spacial score (nSPS) is 13.6. The quantitative estimate of drug-likeness (QED) is 0.276. The van der Waals surface area contributed by atoms with E-state index in [1.54, 1.807) is 0 Å². The molecule has 0 N–H and O–H groups in total. The Morgan fingerprint density at radius 1 is 0.781 bits per heavy atom. The molecular formula is C30H28NO+. The predicted octanol–water partition coefficient (Wildman–Crippen LogP) is 7.24. The van der Waals surface area contributed by atoms with Crippen molar-refractivity contribution in [2.45, 2.75) is 39.5 Å². The number of rotatable bonds is 2. The molecular weight excluding hydrogens is 390 g/mol. The lowest BCUT2D eigenvalue weighted by Crippen LogP contribution is -2.30. The fraction of sp³-hybridized carbons (Fsp3) is 0.233. The highest BCUT2D eigenvalue weighted by Gasteiger charge is 2.22. The maximum Gasteiger partial charge on any atom is 0.216 e. The highest BCUT2D eigenvalue weighted by atomic mass is 16.3. The Hall–Kier alpha value is -3.39. The lowest BCUT2D eigenvalue weighted by molar-refractivity contribution is -0.660. The average Bonchev–Trinajstić information content (AvgIpc) is 3.19. The van der Waals surface area contributed by atoms with Crippen molar-refractivity contribution in [3.63, 3.8) is 0 Å². The average molecular weight is 419 g/mol. The van der Waals surface area contributed by atoms with Crippen molar-refractivity contribution in [1.82, 2.24) is 0 Å². The number of hydrogen-bond donors (Lipinski definition) is 0. The van der Waals surface area contributed by atoms with E-state index >= 15 is 0 Å². The summed E-state index contributed by atoms with van der Waals surface area (Å²) in [6, 6.07) is 22.4. The Morgan fingerprint density at radius 3 is 2.47 bits per heavy atom. The minimum Gasteiger partial charge on any atom is -0.454 e. The summed E-state index contributed by atoms with van der Waals surface area (Å²) in [5.41, 5.74) is 12.3. The summed E-state index contributed by atoms with van der Waals surface area (Å²) in [6.07, 6.45) is 7.13. The van der Waals surface area contributed by atoms with Crippen molar-refractivity contribution in [3.05, 3.63) is 89.1 Å². The van der Waals surface area contributed by atoms with Crippen LogP contribution in [0.2, 0.25) is 0 Å². The Bertz CT molecular complexity index is 1510. The summed E-state index contributed by atoms with van der Waals surface area (Å²) < 4.78 is 8.92. The molecule has 2 nitrogen and oxygen atoms in total. The Balaban J connectivity index is 1.63. The Kier molecular flexibility index (Phi) is 4.43. The molecule has 0 radical (unpaired) electrons. The van der Waals surface area contributed by atoms with E-state index in [1.807, 2.05) is 0 Å². The second-order valence-electron chi connectivity index (χ2n) is 9.31. The maximum absolute atomic E-state index is 6.73. The number of fused-ring (bicyclic) bond motifs is 4. The predicted molar refractivity (Wildman–Crippen MR) is 132 cm³/mol. The fourth-order valence-corrected chi connectivity index (χ4v) is 5.33. The standard InChI is InChI=1S/C30H28NO/c1-19-15-16-31(3)27(17-19)28-20(2)11-14-26-25-10-6-9-24(29(25)32-30(26)28)23-13-12-21-7-4-5-8-22(21)18-23/h6,9-18H,4-5,7-8H2,1-3H3/q+1. The van der Waals surface area contributed by atoms with Crippen LogP contribution in [0.1, 0.15) is 35.1 Å². The van der Waals surface area contributed by atoms with Gasteiger partial charge in [0.2, 0.25) is 5.69 Å². The van der Waals surface area contributed by atoms with Gasteiger partial charge in [0.05, 0.1) is 5.56 Å². The van der Waals surface area contributed by atoms with Crippen molar-refractivity contribution in [1.29, 1.82) is 0 Å². The number of aryl methyl sites for hydroxylation is 5. The summed E-state index contributed by atoms with van der Waals surface area (Å²) in [4.78, 5) is 0. The minimum absolute atomic E-state index is 0.978. The van der Waals surface area contributed by atoms with Gasteiger partial charge < -0.3 is 4.42 Å². The molecule has 2 heterocycles. The number of nitrogens with zero attached hydrogens (tertiary/aromatic N) is 1. The van der Waals surface area contributed by atoms with Crippen LogP contribution in [-0.4, -0.2) is 0 Å². The van der Waals surface area contributed by atoms with Gasteiger partial charge in [-0.05, 0) is 67.3 Å². The van der Waals surface area contributed by atoms with Crippen LogP contribution in [0.5, 0.6) is 0 Å². The Morgan fingerprint density at radius 2 is 1.59 bits per heavy atom. The second kappa shape index (κ2) is 7.34. The van der Waals surface area contributed by atoms with Crippen molar-refractivity contribution in [2.75, 3.05) is 0 Å². The highest BCUT2D eigenvalue weighted by molar-refractivity contribution is 6.13. The van der Waals surface area contributed by atoms with Crippen molar-refractivity contribution in [3.8, 4) is 22.4 Å². The zero-order valence-corrected chi connectivity index (χ0v) is 19.0. The molecule has 0 bridgehead atoms. The molecule has 0 unspecified atom stereocenters. The smallest absolute Gasteiger partial charge is 0.216 e. The number of benzene rings is 3. The molecule has 2 heteroatoms. The first-order chi connectivity index (χ1) is 15.6. The number of para-hydroxylation sites is 1. The lowest BCUT2D eigenvalue weighted by Gasteiger charge is -2.16. The van der Waals surface area contributed by atoms with E-state index < -0.39 is 0 Å². The summed E-state index contributed by atoms with van der Waals surface area (Å²) in [5.74, 6) is 0. The van der Waals surface area contributed by atoms with Crippen molar-refractivity contribution in [2.24, 2.45) is 7.05 Å². The molecule has 0 aliphatic heterocycles. The van der Waals surface area contributed by atoms with Crippen molar-refractivity contribution < 1.29 is 8.98 Å². The largest absolute Gasteiger partial charge is 0.454 e. The molecule has 0 fully saturated rings. The molecule has 32 heavy (non-hydrogen) atoms. The summed E-state index contributed by atoms with van der Waals surface area (Å²) in [7, 11) is 2.11. The second-order valence-corrected chi connectivity index (χ2v) is 9.31. The van der Waals surface area contributed by atoms with Crippen LogP contribution in [0.15, 0.2) is 71.3 Å². The van der Waals surface area contributed by atoms with Crippen LogP contribution in [0.25, 0.3) is 44.3 Å². The third-order valence-electron chi connectivity index (χ3n) is 7.10. The van der Waals surface area contributed by atoms with Crippen LogP contribution in [0, 0.1) is 13.8 Å². The molecule has 0 atom stereocenters. The first-order valence-electron chi connectivity index (χ1n) is 11.6. The van der Waals surface area contributed by atoms with Gasteiger partial charge in [-0.15, -0.1) is 0 Å². The minimum atomic E-state index is 0.978. The first kappa shape index (κ1) is 19.3. The topological polar surface area (TPSA) is 17.0 Å². The van der Waals surface area contributed by atoms with E-state index in [0.29, 0.717) is 0 Å². The molecule has 3 aromatic carbocycles. The molecule has 0 amide bonds. The zero-order valence-electron chi connectivity index (χ0n) is 19.0. The fourth-order valence-electron chi connectivity index (χ4n) is 5.33. The molecule has 2 aromatic heterocycles. The number of aromatic nitrogens is 1. The molecule has 0 saturated heterocycles. The zero-order chi connectivity index (χ0) is 21.8. The van der Waals surface area contributed by atoms with Crippen molar-refractivity contribution >= 4 is 21.9 Å². The molecule has 0 spiro atoms. The molecule has 0 saturated carbocycles. The molecule has 1 aliphatic rings. The van der Waals surface area contributed by atoms with E-state index in [0.717, 1.165) is 11.2 Å². The van der Waals surface area contributed by atoms with E-state index in [2.05, 4.69) is 92.3 Å². The third-order valence-corrected chi connectivity index (χ3v) is 7.10. The van der Waals surface area contributed by atoms with E-state index in [4.69, 9.17) is 4.42 Å². The maximum atomic E-state index is 6.73. The van der Waals surface area contributed by atoms with Crippen LogP contribution in [0.4, 0.5) is 0 Å². The van der Waals surface area contributed by atoms with Gasteiger partial charge in [0.15, 0.2) is 6.20 Å². The summed E-state index contributed by atoms with van der Waals surface area (Å²) in [5, 5.41) is 2.37. The van der Waals surface area contributed by atoms with Crippen LogP contribution < -0.4 is 4.57 Å². The number of hydrogen-bond acceptors (Lipinski definition) is 1. The number of pyridine rings is 1. The van der Waals surface area contributed by atoms with Gasteiger partial charge >= 0.3 is 0 Å². The molecule has 158 valence electrons. The molecule has 5 aromatic rings. The van der Waals surface area contributed by atoms with Crippen LogP contribution in [-0.2, 0) is 19.9 Å².